The van der Waals surface area contributed by atoms with Crippen molar-refractivity contribution >= 4 is 22.7 Å². The van der Waals surface area contributed by atoms with Crippen molar-refractivity contribution in [3.8, 4) is 6.07 Å². The molecule has 39 heavy (non-hydrogen) atoms. The van der Waals surface area contributed by atoms with Crippen LogP contribution >= 0.6 is 11.8 Å². The van der Waals surface area contributed by atoms with Crippen LogP contribution in [-0.2, 0) is 19.1 Å². The normalized spacial score (nSPS) is 46.0. The standard InChI is InChI=1S/C29H28F3NO5S/c1-26-8-7-15(34)11-19(26)21(31)12-18-17-13-23-29(25(36)39-10-9-33,27(17,2)14-22(35)28(18,26)32)38-24(37-23)16-5-3-4-6-20(16)30/h3-8,11,17-18,21-24,35H,10,12-14H2,1-2H3/t17-,18-,21-,22-,23+,24?,26-,27-,28-,29-/m0/s1. The minimum atomic E-state index is -2.32. The lowest BCUT2D eigenvalue weighted by Gasteiger charge is -2.63. The molecule has 5 aliphatic rings. The summed E-state index contributed by atoms with van der Waals surface area (Å²) in [6, 6.07) is 7.79. The summed E-state index contributed by atoms with van der Waals surface area (Å²) in [4.78, 5) is 25.9. The molecule has 6 rings (SSSR count). The number of halogens is 3. The molecular weight excluding hydrogens is 531 g/mol. The van der Waals surface area contributed by atoms with E-state index in [1.165, 1.54) is 37.3 Å². The van der Waals surface area contributed by atoms with E-state index in [4.69, 9.17) is 14.7 Å². The molecule has 1 unspecified atom stereocenters. The van der Waals surface area contributed by atoms with Crippen molar-refractivity contribution in [2.45, 2.75) is 69.0 Å². The number of ketones is 1. The Kier molecular flexibility index (Phi) is 6.02. The van der Waals surface area contributed by atoms with Gasteiger partial charge in [0.05, 0.1) is 24.0 Å². The Hall–Kier alpha value is -2.45. The number of carbonyl (C=O) groups is 2. The summed E-state index contributed by atoms with van der Waals surface area (Å²) in [5.41, 5.74) is -6.72. The van der Waals surface area contributed by atoms with Gasteiger partial charge < -0.3 is 14.6 Å². The highest BCUT2D eigenvalue weighted by molar-refractivity contribution is 8.14. The lowest BCUT2D eigenvalue weighted by atomic mass is 9.44. The van der Waals surface area contributed by atoms with Gasteiger partial charge in [-0.25, -0.2) is 13.2 Å². The summed E-state index contributed by atoms with van der Waals surface area (Å²) >= 11 is 0.738. The smallest absolute Gasteiger partial charge is 0.225 e. The van der Waals surface area contributed by atoms with Crippen LogP contribution in [-0.4, -0.2) is 51.4 Å². The highest BCUT2D eigenvalue weighted by Gasteiger charge is 2.80. The van der Waals surface area contributed by atoms with Crippen LogP contribution in [0.2, 0.25) is 0 Å². The Labute approximate surface area is 228 Å². The number of hydrogen-bond donors (Lipinski definition) is 1. The van der Waals surface area contributed by atoms with Gasteiger partial charge in [0.25, 0.3) is 0 Å². The monoisotopic (exact) mass is 559 g/mol. The molecular formula is C29H28F3NO5S. The van der Waals surface area contributed by atoms with Crippen molar-refractivity contribution in [1.29, 1.82) is 5.26 Å². The third-order valence-electron chi connectivity index (χ3n) is 10.1. The minimum absolute atomic E-state index is 0.0112. The number of aliphatic hydroxyl groups is 1. The third-order valence-corrected chi connectivity index (χ3v) is 10.9. The maximum Gasteiger partial charge on any atom is 0.225 e. The molecule has 1 aromatic carbocycles. The first kappa shape index (κ1) is 26.8. The molecule has 1 saturated heterocycles. The van der Waals surface area contributed by atoms with E-state index in [0.717, 1.165) is 17.8 Å². The average molecular weight is 560 g/mol. The number of alkyl halides is 2. The summed E-state index contributed by atoms with van der Waals surface area (Å²) < 4.78 is 60.4. The first-order valence-electron chi connectivity index (χ1n) is 13.0. The van der Waals surface area contributed by atoms with E-state index in [-0.39, 0.29) is 36.2 Å². The molecule has 0 spiro atoms. The largest absolute Gasteiger partial charge is 0.390 e. The summed E-state index contributed by atoms with van der Waals surface area (Å²) in [6.07, 6.45) is -2.11. The van der Waals surface area contributed by atoms with E-state index in [0.29, 0.717) is 0 Å². The van der Waals surface area contributed by atoms with E-state index in [9.17, 15) is 19.1 Å². The fraction of sp³-hybridized carbons (Fsp3) is 0.552. The first-order valence-corrected chi connectivity index (χ1v) is 14.0. The summed E-state index contributed by atoms with van der Waals surface area (Å²) in [6.45, 7) is 3.23. The molecule has 206 valence electrons. The number of benzene rings is 1. The number of fused-ring (bicyclic) bond motifs is 7. The molecule has 0 radical (unpaired) electrons. The zero-order chi connectivity index (χ0) is 28.0. The van der Waals surface area contributed by atoms with Crippen LogP contribution in [0.3, 0.4) is 0 Å². The van der Waals surface area contributed by atoms with Crippen LogP contribution in [0.4, 0.5) is 13.2 Å². The maximum atomic E-state index is 17.5. The van der Waals surface area contributed by atoms with Crippen LogP contribution in [0.5, 0.6) is 0 Å². The molecule has 0 aromatic heterocycles. The van der Waals surface area contributed by atoms with Crippen LogP contribution in [0, 0.1) is 39.8 Å². The Bertz CT molecular complexity index is 1360. The Balaban J connectivity index is 1.46. The van der Waals surface area contributed by atoms with E-state index in [1.54, 1.807) is 13.0 Å². The number of carbonyl (C=O) groups excluding carboxylic acids is 2. The summed E-state index contributed by atoms with van der Waals surface area (Å²) in [5, 5.41) is 20.2. The van der Waals surface area contributed by atoms with Gasteiger partial charge in [-0.15, -0.1) is 0 Å². The Morgan fingerprint density at radius 2 is 2.00 bits per heavy atom. The second kappa shape index (κ2) is 8.77. The molecule has 4 aliphatic carbocycles. The van der Waals surface area contributed by atoms with Gasteiger partial charge in [-0.3, -0.25) is 9.59 Å². The molecule has 3 saturated carbocycles. The second-order valence-corrected chi connectivity index (χ2v) is 12.6. The third kappa shape index (κ3) is 3.27. The van der Waals surface area contributed by atoms with E-state index < -0.39 is 75.3 Å². The van der Waals surface area contributed by atoms with Crippen LogP contribution in [0.15, 0.2) is 48.1 Å². The highest BCUT2D eigenvalue weighted by atomic mass is 32.2. The van der Waals surface area contributed by atoms with E-state index in [1.807, 2.05) is 6.07 Å². The lowest BCUT2D eigenvalue weighted by Crippen LogP contribution is -2.70. The average Bonchev–Trinajstić information content (AvgIpc) is 3.39. The fourth-order valence-corrected chi connectivity index (χ4v) is 9.13. The summed E-state index contributed by atoms with van der Waals surface area (Å²) in [5.74, 6) is -2.86. The maximum absolute atomic E-state index is 17.5. The number of allylic oxidation sites excluding steroid dienone is 4. The van der Waals surface area contributed by atoms with Crippen molar-refractivity contribution in [2.75, 3.05) is 5.75 Å². The van der Waals surface area contributed by atoms with Crippen molar-refractivity contribution in [2.24, 2.45) is 22.7 Å². The summed E-state index contributed by atoms with van der Waals surface area (Å²) in [7, 11) is 0. The zero-order valence-corrected chi connectivity index (χ0v) is 22.2. The van der Waals surface area contributed by atoms with Crippen LogP contribution < -0.4 is 0 Å². The zero-order valence-electron chi connectivity index (χ0n) is 21.4. The number of aliphatic hydroxyl groups excluding tert-OH is 1. The Morgan fingerprint density at radius 3 is 2.72 bits per heavy atom. The Morgan fingerprint density at radius 1 is 1.26 bits per heavy atom. The number of rotatable bonds is 3. The second-order valence-electron chi connectivity index (χ2n) is 11.7. The molecule has 1 aliphatic heterocycles. The van der Waals surface area contributed by atoms with Crippen molar-refractivity contribution in [3.63, 3.8) is 0 Å². The molecule has 10 heteroatoms. The van der Waals surface area contributed by atoms with Gasteiger partial charge in [0.2, 0.25) is 5.12 Å². The van der Waals surface area contributed by atoms with Gasteiger partial charge in [-0.2, -0.15) is 5.26 Å². The number of thioether (sulfide) groups is 1. The van der Waals surface area contributed by atoms with Crippen molar-refractivity contribution in [3.05, 3.63) is 59.4 Å². The molecule has 10 atom stereocenters. The minimum Gasteiger partial charge on any atom is -0.390 e. The van der Waals surface area contributed by atoms with Gasteiger partial charge in [0, 0.05) is 22.3 Å². The molecule has 0 bridgehead atoms. The van der Waals surface area contributed by atoms with Crippen molar-refractivity contribution in [1.82, 2.24) is 0 Å². The molecule has 1 N–H and O–H groups in total. The quantitative estimate of drug-likeness (QED) is 0.574. The lowest BCUT2D eigenvalue weighted by molar-refractivity contribution is -0.232. The van der Waals surface area contributed by atoms with Gasteiger partial charge in [-0.1, -0.05) is 43.0 Å². The number of ether oxygens (including phenoxy) is 2. The highest BCUT2D eigenvalue weighted by Crippen LogP contribution is 2.73. The van der Waals surface area contributed by atoms with Crippen LogP contribution in [0.25, 0.3) is 0 Å². The SMILES string of the molecule is C[C@]12C=CC(=O)C=C1[C@@H](F)C[C@H]1[C@@H]3C[C@H]4OC(c5ccccc5F)O[C@@]4(C(=O)SCC#N)[C@@]3(C)C[C@H](O)[C@@]12F. The fourth-order valence-electron chi connectivity index (χ4n) is 8.31. The molecule has 4 fully saturated rings. The predicted octanol–water partition coefficient (Wildman–Crippen LogP) is 4.69. The van der Waals surface area contributed by atoms with Gasteiger partial charge in [-0.05, 0) is 55.9 Å². The molecule has 1 aromatic rings. The topological polar surface area (TPSA) is 96.6 Å². The molecule has 6 nitrogen and oxygen atoms in total. The van der Waals surface area contributed by atoms with Gasteiger partial charge in [0.15, 0.2) is 23.3 Å². The number of nitriles is 1. The number of nitrogens with zero attached hydrogens (tertiary/aromatic N) is 1. The van der Waals surface area contributed by atoms with E-state index in [2.05, 4.69) is 0 Å². The van der Waals surface area contributed by atoms with E-state index >= 15 is 8.78 Å². The molecule has 0 amide bonds. The van der Waals surface area contributed by atoms with Gasteiger partial charge in [0.1, 0.15) is 12.0 Å². The number of hydrogen-bond acceptors (Lipinski definition) is 7. The van der Waals surface area contributed by atoms with Gasteiger partial charge >= 0.3 is 0 Å². The first-order chi connectivity index (χ1) is 18.4. The molecule has 1 heterocycles. The predicted molar refractivity (Wildman–Crippen MR) is 135 cm³/mol. The van der Waals surface area contributed by atoms with Crippen molar-refractivity contribution < 1.29 is 37.3 Å². The van der Waals surface area contributed by atoms with Crippen LogP contribution in [0.1, 0.15) is 45.0 Å².